The molecule has 1 aliphatic rings. The molecule has 2 atom stereocenters. The summed E-state index contributed by atoms with van der Waals surface area (Å²) in [5.41, 5.74) is 1.03. The Morgan fingerprint density at radius 1 is 1.44 bits per heavy atom. The number of ether oxygens (including phenoxy) is 2. The van der Waals surface area contributed by atoms with E-state index in [1.54, 1.807) is 7.11 Å². The second-order valence-electron chi connectivity index (χ2n) is 4.53. The first-order chi connectivity index (χ1) is 8.80. The van der Waals surface area contributed by atoms with Crippen LogP contribution in [0.15, 0.2) is 24.3 Å². The number of hydrogen-bond donors (Lipinski definition) is 1. The van der Waals surface area contributed by atoms with E-state index >= 15 is 0 Å². The van der Waals surface area contributed by atoms with E-state index in [1.807, 2.05) is 24.3 Å². The fourth-order valence-electron chi connectivity index (χ4n) is 2.41. The SMILES string of the molecule is CCCN1CC(CO)OC1c1ccccc1OC. The highest BCUT2D eigenvalue weighted by Gasteiger charge is 2.34. The van der Waals surface area contributed by atoms with Crippen molar-refractivity contribution < 1.29 is 14.6 Å². The smallest absolute Gasteiger partial charge is 0.141 e. The molecule has 1 aliphatic heterocycles. The topological polar surface area (TPSA) is 41.9 Å². The van der Waals surface area contributed by atoms with E-state index < -0.39 is 0 Å². The summed E-state index contributed by atoms with van der Waals surface area (Å²) in [5, 5.41) is 9.26. The summed E-state index contributed by atoms with van der Waals surface area (Å²) < 4.78 is 11.3. The lowest BCUT2D eigenvalue weighted by atomic mass is 10.1. The third-order valence-electron chi connectivity index (χ3n) is 3.21. The van der Waals surface area contributed by atoms with Gasteiger partial charge in [-0.1, -0.05) is 25.1 Å². The van der Waals surface area contributed by atoms with Crippen LogP contribution in [-0.4, -0.2) is 42.9 Å². The molecule has 1 saturated heterocycles. The van der Waals surface area contributed by atoms with Crippen molar-refractivity contribution in [3.05, 3.63) is 29.8 Å². The van der Waals surface area contributed by atoms with Crippen LogP contribution >= 0.6 is 0 Å². The Morgan fingerprint density at radius 3 is 2.89 bits per heavy atom. The first-order valence-electron chi connectivity index (χ1n) is 6.43. The summed E-state index contributed by atoms with van der Waals surface area (Å²) >= 11 is 0. The average molecular weight is 251 g/mol. The monoisotopic (exact) mass is 251 g/mol. The highest BCUT2D eigenvalue weighted by atomic mass is 16.5. The lowest BCUT2D eigenvalue weighted by molar-refractivity contribution is -0.0206. The number of aliphatic hydroxyl groups excluding tert-OH is 1. The van der Waals surface area contributed by atoms with Gasteiger partial charge in [0.05, 0.1) is 19.8 Å². The van der Waals surface area contributed by atoms with Gasteiger partial charge in [-0.05, 0) is 12.5 Å². The Kier molecular flexibility index (Phi) is 4.58. The maximum atomic E-state index is 9.26. The summed E-state index contributed by atoms with van der Waals surface area (Å²) in [7, 11) is 1.67. The van der Waals surface area contributed by atoms with Gasteiger partial charge in [0.2, 0.25) is 0 Å². The molecule has 100 valence electrons. The summed E-state index contributed by atoms with van der Waals surface area (Å²) in [4.78, 5) is 2.25. The van der Waals surface area contributed by atoms with Gasteiger partial charge in [0, 0.05) is 18.7 Å². The predicted molar refractivity (Wildman–Crippen MR) is 69.6 cm³/mol. The Morgan fingerprint density at radius 2 is 2.22 bits per heavy atom. The average Bonchev–Trinajstić information content (AvgIpc) is 2.82. The zero-order chi connectivity index (χ0) is 13.0. The lowest BCUT2D eigenvalue weighted by Gasteiger charge is -2.23. The van der Waals surface area contributed by atoms with Crippen molar-refractivity contribution in [1.29, 1.82) is 0 Å². The van der Waals surface area contributed by atoms with Crippen molar-refractivity contribution in [2.75, 3.05) is 26.8 Å². The Labute approximate surface area is 108 Å². The Hall–Kier alpha value is -1.10. The summed E-state index contributed by atoms with van der Waals surface area (Å²) in [6.07, 6.45) is 0.845. The van der Waals surface area contributed by atoms with Crippen LogP contribution in [-0.2, 0) is 4.74 Å². The molecule has 0 spiro atoms. The molecule has 0 aliphatic carbocycles. The minimum Gasteiger partial charge on any atom is -0.496 e. The number of hydrogen-bond acceptors (Lipinski definition) is 4. The summed E-state index contributed by atoms with van der Waals surface area (Å²) in [6.45, 7) is 3.93. The fourth-order valence-corrected chi connectivity index (χ4v) is 2.41. The Balaban J connectivity index is 2.23. The summed E-state index contributed by atoms with van der Waals surface area (Å²) in [6, 6.07) is 7.89. The van der Waals surface area contributed by atoms with Crippen LogP contribution in [0.1, 0.15) is 25.1 Å². The minimum atomic E-state index is -0.113. The van der Waals surface area contributed by atoms with E-state index in [4.69, 9.17) is 9.47 Å². The van der Waals surface area contributed by atoms with Gasteiger partial charge in [-0.15, -0.1) is 0 Å². The van der Waals surface area contributed by atoms with Crippen molar-refractivity contribution in [3.63, 3.8) is 0 Å². The third-order valence-corrected chi connectivity index (χ3v) is 3.21. The highest BCUT2D eigenvalue weighted by Crippen LogP contribution is 2.35. The first-order valence-corrected chi connectivity index (χ1v) is 6.43. The van der Waals surface area contributed by atoms with Gasteiger partial charge in [0.15, 0.2) is 0 Å². The van der Waals surface area contributed by atoms with Crippen LogP contribution in [0.4, 0.5) is 0 Å². The van der Waals surface area contributed by atoms with Crippen LogP contribution in [0.25, 0.3) is 0 Å². The molecular weight excluding hydrogens is 230 g/mol. The van der Waals surface area contributed by atoms with E-state index in [0.717, 1.165) is 30.8 Å². The molecule has 4 heteroatoms. The van der Waals surface area contributed by atoms with E-state index in [2.05, 4.69) is 11.8 Å². The van der Waals surface area contributed by atoms with Gasteiger partial charge in [-0.25, -0.2) is 0 Å². The lowest BCUT2D eigenvalue weighted by Crippen LogP contribution is -2.26. The van der Waals surface area contributed by atoms with E-state index in [9.17, 15) is 5.11 Å². The van der Waals surface area contributed by atoms with Gasteiger partial charge in [-0.2, -0.15) is 0 Å². The Bertz CT molecular complexity index is 383. The molecule has 0 radical (unpaired) electrons. The molecule has 4 nitrogen and oxygen atoms in total. The van der Waals surface area contributed by atoms with Gasteiger partial charge in [0.1, 0.15) is 12.0 Å². The molecule has 2 unspecified atom stereocenters. The van der Waals surface area contributed by atoms with Crippen molar-refractivity contribution in [3.8, 4) is 5.75 Å². The molecule has 1 fully saturated rings. The number of rotatable bonds is 5. The molecule has 0 aromatic heterocycles. The number of aliphatic hydroxyl groups is 1. The second-order valence-corrected chi connectivity index (χ2v) is 4.53. The number of benzene rings is 1. The highest BCUT2D eigenvalue weighted by molar-refractivity contribution is 5.35. The van der Waals surface area contributed by atoms with Gasteiger partial charge in [0.25, 0.3) is 0 Å². The molecular formula is C14H21NO3. The molecule has 1 heterocycles. The molecule has 1 aromatic rings. The molecule has 0 bridgehead atoms. The van der Waals surface area contributed by atoms with Crippen molar-refractivity contribution in [2.24, 2.45) is 0 Å². The zero-order valence-electron chi connectivity index (χ0n) is 11.0. The molecule has 0 saturated carbocycles. The van der Waals surface area contributed by atoms with Crippen LogP contribution in [0.2, 0.25) is 0 Å². The molecule has 1 aromatic carbocycles. The van der Waals surface area contributed by atoms with Crippen LogP contribution in [0, 0.1) is 0 Å². The molecule has 18 heavy (non-hydrogen) atoms. The third kappa shape index (κ3) is 2.66. The minimum absolute atomic E-state index is 0.0614. The number of methoxy groups -OCH3 is 1. The molecule has 2 rings (SSSR count). The van der Waals surface area contributed by atoms with Crippen LogP contribution in [0.5, 0.6) is 5.75 Å². The maximum Gasteiger partial charge on any atom is 0.141 e. The fraction of sp³-hybridized carbons (Fsp3) is 0.571. The van der Waals surface area contributed by atoms with Crippen molar-refractivity contribution in [2.45, 2.75) is 25.7 Å². The van der Waals surface area contributed by atoms with Crippen molar-refractivity contribution >= 4 is 0 Å². The maximum absolute atomic E-state index is 9.26. The van der Waals surface area contributed by atoms with Crippen LogP contribution < -0.4 is 4.74 Å². The first kappa shape index (κ1) is 13.3. The van der Waals surface area contributed by atoms with E-state index in [0.29, 0.717) is 0 Å². The van der Waals surface area contributed by atoms with E-state index in [1.165, 1.54) is 0 Å². The van der Waals surface area contributed by atoms with Gasteiger partial charge < -0.3 is 14.6 Å². The molecule has 0 amide bonds. The van der Waals surface area contributed by atoms with E-state index in [-0.39, 0.29) is 18.9 Å². The molecule has 1 N–H and O–H groups in total. The standard InChI is InChI=1S/C14H21NO3/c1-3-8-15-9-11(10-16)18-14(15)12-6-4-5-7-13(12)17-2/h4-7,11,14,16H,3,8-10H2,1-2H3. The van der Waals surface area contributed by atoms with Crippen molar-refractivity contribution in [1.82, 2.24) is 4.90 Å². The number of para-hydroxylation sites is 1. The second kappa shape index (κ2) is 6.18. The largest absolute Gasteiger partial charge is 0.496 e. The number of nitrogens with zero attached hydrogens (tertiary/aromatic N) is 1. The predicted octanol–water partition coefficient (Wildman–Crippen LogP) is 1.80. The van der Waals surface area contributed by atoms with Gasteiger partial charge in [-0.3, -0.25) is 4.90 Å². The zero-order valence-corrected chi connectivity index (χ0v) is 11.0. The van der Waals surface area contributed by atoms with Gasteiger partial charge >= 0.3 is 0 Å². The normalized spacial score (nSPS) is 24.4. The quantitative estimate of drug-likeness (QED) is 0.866. The van der Waals surface area contributed by atoms with Crippen LogP contribution in [0.3, 0.4) is 0 Å². The summed E-state index contributed by atoms with van der Waals surface area (Å²) in [5.74, 6) is 0.835.